The Labute approximate surface area is 148 Å². The second-order valence-electron chi connectivity index (χ2n) is 5.79. The number of hydrogen-bond donors (Lipinski definition) is 1. The van der Waals surface area contributed by atoms with Gasteiger partial charge in [0.2, 0.25) is 5.91 Å². The Balaban J connectivity index is 1.88. The van der Waals surface area contributed by atoms with Gasteiger partial charge in [-0.15, -0.1) is 0 Å². The zero-order valence-corrected chi connectivity index (χ0v) is 15.0. The average Bonchev–Trinajstić information content (AvgIpc) is 2.59. The highest BCUT2D eigenvalue weighted by Gasteiger charge is 2.18. The fourth-order valence-corrected chi connectivity index (χ4v) is 2.59. The number of halogens is 1. The standard InChI is InChI=1S/C19H23ClN2O2/c1-14(22(2)13-16-7-4-8-17(20)10-16)19(23)21-12-15-6-5-9-18(11-15)24-3/h4-11,14H,12-13H2,1-3H3,(H,21,23). The number of rotatable bonds is 7. The molecule has 0 radical (unpaired) electrons. The van der Waals surface area contributed by atoms with Gasteiger partial charge in [-0.25, -0.2) is 0 Å². The van der Waals surface area contributed by atoms with Gasteiger partial charge in [0.1, 0.15) is 5.75 Å². The summed E-state index contributed by atoms with van der Waals surface area (Å²) in [5, 5.41) is 3.67. The molecule has 128 valence electrons. The van der Waals surface area contributed by atoms with Gasteiger partial charge in [-0.1, -0.05) is 35.9 Å². The summed E-state index contributed by atoms with van der Waals surface area (Å²) in [7, 11) is 3.56. The first kappa shape index (κ1) is 18.3. The van der Waals surface area contributed by atoms with Crippen molar-refractivity contribution in [2.24, 2.45) is 0 Å². The topological polar surface area (TPSA) is 41.6 Å². The molecule has 0 bridgehead atoms. The van der Waals surface area contributed by atoms with Crippen molar-refractivity contribution < 1.29 is 9.53 Å². The zero-order valence-electron chi connectivity index (χ0n) is 14.3. The smallest absolute Gasteiger partial charge is 0.237 e. The van der Waals surface area contributed by atoms with Crippen LogP contribution in [0.25, 0.3) is 0 Å². The maximum absolute atomic E-state index is 12.4. The first-order chi connectivity index (χ1) is 11.5. The molecule has 0 aliphatic carbocycles. The van der Waals surface area contributed by atoms with Crippen LogP contribution in [0.1, 0.15) is 18.1 Å². The Kier molecular flexibility index (Phi) is 6.64. The molecular formula is C19H23ClN2O2. The average molecular weight is 347 g/mol. The van der Waals surface area contributed by atoms with Crippen molar-refractivity contribution in [3.63, 3.8) is 0 Å². The molecule has 4 nitrogen and oxygen atoms in total. The molecule has 2 aromatic rings. The van der Waals surface area contributed by atoms with E-state index in [4.69, 9.17) is 16.3 Å². The summed E-state index contributed by atoms with van der Waals surface area (Å²) >= 11 is 6.00. The van der Waals surface area contributed by atoms with Gasteiger partial charge in [0.15, 0.2) is 0 Å². The highest BCUT2D eigenvalue weighted by atomic mass is 35.5. The molecule has 0 aliphatic heterocycles. The van der Waals surface area contributed by atoms with E-state index in [1.54, 1.807) is 7.11 Å². The molecule has 2 aromatic carbocycles. The highest BCUT2D eigenvalue weighted by Crippen LogP contribution is 2.14. The largest absolute Gasteiger partial charge is 0.497 e. The van der Waals surface area contributed by atoms with Crippen molar-refractivity contribution >= 4 is 17.5 Å². The quantitative estimate of drug-likeness (QED) is 0.834. The molecule has 2 rings (SSSR count). The van der Waals surface area contributed by atoms with Crippen LogP contribution in [0.3, 0.4) is 0 Å². The third kappa shape index (κ3) is 5.25. The van der Waals surface area contributed by atoms with Crippen LogP contribution >= 0.6 is 11.6 Å². The van der Waals surface area contributed by atoms with Gasteiger partial charge in [-0.2, -0.15) is 0 Å². The molecule has 0 saturated carbocycles. The summed E-state index contributed by atoms with van der Waals surface area (Å²) in [5.74, 6) is 0.773. The van der Waals surface area contributed by atoms with Gasteiger partial charge in [-0.05, 0) is 49.4 Å². The number of carbonyl (C=O) groups is 1. The molecule has 0 fully saturated rings. The number of ether oxygens (including phenoxy) is 1. The minimum Gasteiger partial charge on any atom is -0.497 e. The van der Waals surface area contributed by atoms with E-state index in [-0.39, 0.29) is 11.9 Å². The third-order valence-electron chi connectivity index (χ3n) is 3.96. The molecule has 0 saturated heterocycles. The fraction of sp³-hybridized carbons (Fsp3) is 0.316. The molecule has 0 aromatic heterocycles. The molecule has 1 unspecified atom stereocenters. The van der Waals surface area contributed by atoms with Gasteiger partial charge in [0, 0.05) is 18.1 Å². The lowest BCUT2D eigenvalue weighted by atomic mass is 10.1. The fourth-order valence-electron chi connectivity index (χ4n) is 2.38. The highest BCUT2D eigenvalue weighted by molar-refractivity contribution is 6.30. The Morgan fingerprint density at radius 1 is 1.21 bits per heavy atom. The Morgan fingerprint density at radius 3 is 2.62 bits per heavy atom. The Morgan fingerprint density at radius 2 is 1.92 bits per heavy atom. The van der Waals surface area contributed by atoms with Gasteiger partial charge in [0.05, 0.1) is 13.2 Å². The van der Waals surface area contributed by atoms with Crippen LogP contribution in [-0.4, -0.2) is 31.0 Å². The Bertz CT molecular complexity index is 691. The SMILES string of the molecule is COc1cccc(CNC(=O)C(C)N(C)Cc2cccc(Cl)c2)c1. The summed E-state index contributed by atoms with van der Waals surface area (Å²) in [6.45, 7) is 3.03. The van der Waals surface area contributed by atoms with Gasteiger partial charge in [0.25, 0.3) is 0 Å². The lowest BCUT2D eigenvalue weighted by molar-refractivity contribution is -0.125. The number of methoxy groups -OCH3 is 1. The molecule has 0 aliphatic rings. The van der Waals surface area contributed by atoms with E-state index in [2.05, 4.69) is 5.32 Å². The third-order valence-corrected chi connectivity index (χ3v) is 4.20. The predicted molar refractivity (Wildman–Crippen MR) is 97.2 cm³/mol. The van der Waals surface area contributed by atoms with Crippen LogP contribution in [0, 0.1) is 0 Å². The number of nitrogens with one attached hydrogen (secondary N) is 1. The Hall–Kier alpha value is -2.04. The zero-order chi connectivity index (χ0) is 17.5. The number of benzene rings is 2. The van der Waals surface area contributed by atoms with E-state index in [0.717, 1.165) is 16.9 Å². The minimum atomic E-state index is -0.241. The molecule has 24 heavy (non-hydrogen) atoms. The normalized spacial score (nSPS) is 12.0. The summed E-state index contributed by atoms with van der Waals surface area (Å²) in [4.78, 5) is 14.4. The van der Waals surface area contributed by atoms with Crippen molar-refractivity contribution in [2.75, 3.05) is 14.2 Å². The molecule has 1 N–H and O–H groups in total. The number of nitrogens with zero attached hydrogens (tertiary/aromatic N) is 1. The number of likely N-dealkylation sites (N-methyl/N-ethyl adjacent to an activating group) is 1. The molecule has 1 atom stereocenters. The lowest BCUT2D eigenvalue weighted by Crippen LogP contribution is -2.42. The first-order valence-electron chi connectivity index (χ1n) is 7.85. The lowest BCUT2D eigenvalue weighted by Gasteiger charge is -2.24. The maximum Gasteiger partial charge on any atom is 0.237 e. The second kappa shape index (κ2) is 8.71. The molecule has 5 heteroatoms. The number of amides is 1. The van der Waals surface area contributed by atoms with Gasteiger partial charge < -0.3 is 10.1 Å². The monoisotopic (exact) mass is 346 g/mol. The van der Waals surface area contributed by atoms with Crippen LogP contribution < -0.4 is 10.1 Å². The van der Waals surface area contributed by atoms with Crippen LogP contribution in [0.5, 0.6) is 5.75 Å². The van der Waals surface area contributed by atoms with E-state index >= 15 is 0 Å². The van der Waals surface area contributed by atoms with Crippen LogP contribution in [0.4, 0.5) is 0 Å². The van der Waals surface area contributed by atoms with Crippen molar-refractivity contribution in [3.05, 3.63) is 64.7 Å². The van der Waals surface area contributed by atoms with E-state index in [0.29, 0.717) is 18.1 Å². The van der Waals surface area contributed by atoms with Crippen molar-refractivity contribution in [1.82, 2.24) is 10.2 Å². The van der Waals surface area contributed by atoms with Crippen LogP contribution in [0.15, 0.2) is 48.5 Å². The predicted octanol–water partition coefficient (Wildman–Crippen LogP) is 3.49. The molecular weight excluding hydrogens is 324 g/mol. The number of carbonyl (C=O) groups excluding carboxylic acids is 1. The summed E-state index contributed by atoms with van der Waals surface area (Å²) in [6, 6.07) is 15.1. The van der Waals surface area contributed by atoms with E-state index < -0.39 is 0 Å². The molecule has 0 spiro atoms. The second-order valence-corrected chi connectivity index (χ2v) is 6.23. The van der Waals surface area contributed by atoms with Crippen LogP contribution in [-0.2, 0) is 17.9 Å². The van der Waals surface area contributed by atoms with Crippen molar-refractivity contribution in [1.29, 1.82) is 0 Å². The first-order valence-corrected chi connectivity index (χ1v) is 8.22. The van der Waals surface area contributed by atoms with E-state index in [9.17, 15) is 4.79 Å². The van der Waals surface area contributed by atoms with Gasteiger partial charge in [-0.3, -0.25) is 9.69 Å². The van der Waals surface area contributed by atoms with E-state index in [1.165, 1.54) is 0 Å². The maximum atomic E-state index is 12.4. The van der Waals surface area contributed by atoms with Crippen LogP contribution in [0.2, 0.25) is 5.02 Å². The molecule has 0 heterocycles. The van der Waals surface area contributed by atoms with E-state index in [1.807, 2.05) is 67.4 Å². The summed E-state index contributed by atoms with van der Waals surface area (Å²) in [6.07, 6.45) is 0. The number of hydrogen-bond acceptors (Lipinski definition) is 3. The minimum absolute atomic E-state index is 0.0117. The van der Waals surface area contributed by atoms with Gasteiger partial charge >= 0.3 is 0 Å². The van der Waals surface area contributed by atoms with Crippen molar-refractivity contribution in [2.45, 2.75) is 26.1 Å². The summed E-state index contributed by atoms with van der Waals surface area (Å²) in [5.41, 5.74) is 2.09. The summed E-state index contributed by atoms with van der Waals surface area (Å²) < 4.78 is 5.19. The van der Waals surface area contributed by atoms with Crippen molar-refractivity contribution in [3.8, 4) is 5.75 Å². The molecule has 1 amide bonds.